The summed E-state index contributed by atoms with van der Waals surface area (Å²) in [4.78, 5) is 25.9. The third kappa shape index (κ3) is 2.91. The number of pyridine rings is 1. The summed E-state index contributed by atoms with van der Waals surface area (Å²) in [6, 6.07) is 0.413. The molecular weight excluding hydrogens is 408 g/mol. The molecule has 10 heteroatoms. The lowest BCUT2D eigenvalue weighted by Crippen LogP contribution is -2.47. The first-order valence-electron chi connectivity index (χ1n) is 9.41. The lowest BCUT2D eigenvalue weighted by atomic mass is 10.1. The Morgan fingerprint density at radius 2 is 2.14 bits per heavy atom. The van der Waals surface area contributed by atoms with Crippen molar-refractivity contribution < 1.29 is 23.4 Å². The highest BCUT2D eigenvalue weighted by Gasteiger charge is 2.42. The lowest BCUT2D eigenvalue weighted by molar-refractivity contribution is 0.0212. The fourth-order valence-corrected chi connectivity index (χ4v) is 4.76. The summed E-state index contributed by atoms with van der Waals surface area (Å²) in [7, 11) is 0. The number of halogens is 3. The van der Waals surface area contributed by atoms with Gasteiger partial charge in [-0.05, 0) is 6.07 Å². The normalized spacial score (nSPS) is 28.6. The van der Waals surface area contributed by atoms with Crippen LogP contribution in [0, 0.1) is 5.82 Å². The van der Waals surface area contributed by atoms with E-state index in [4.69, 9.17) is 16.3 Å². The number of anilines is 1. The maximum atomic E-state index is 15.1. The molecule has 1 aromatic heterocycles. The van der Waals surface area contributed by atoms with E-state index in [-0.39, 0.29) is 40.2 Å². The van der Waals surface area contributed by atoms with Crippen molar-refractivity contribution in [3.63, 3.8) is 0 Å². The molecule has 3 fully saturated rings. The summed E-state index contributed by atoms with van der Waals surface area (Å²) in [5.74, 6) is -2.17. The average molecular weight is 426 g/mol. The summed E-state index contributed by atoms with van der Waals surface area (Å²) in [6.45, 7) is 2.17. The van der Waals surface area contributed by atoms with Gasteiger partial charge < -0.3 is 24.6 Å². The van der Waals surface area contributed by atoms with Gasteiger partial charge in [-0.2, -0.15) is 0 Å². The first-order valence-corrected chi connectivity index (χ1v) is 9.78. The first kappa shape index (κ1) is 18.8. The van der Waals surface area contributed by atoms with Crippen molar-refractivity contribution in [3.8, 4) is 0 Å². The van der Waals surface area contributed by atoms with Gasteiger partial charge in [-0.1, -0.05) is 11.6 Å². The Bertz CT molecular complexity index is 1080. The van der Waals surface area contributed by atoms with E-state index < -0.39 is 35.0 Å². The number of carbonyl (C=O) groups is 1. The molecule has 7 nitrogen and oxygen atoms in total. The molecular formula is C19H18ClF2N3O4. The Balaban J connectivity index is 1.70. The van der Waals surface area contributed by atoms with Gasteiger partial charge >= 0.3 is 5.97 Å². The van der Waals surface area contributed by atoms with E-state index in [1.165, 1.54) is 4.57 Å². The van der Waals surface area contributed by atoms with E-state index in [9.17, 15) is 19.1 Å². The molecule has 2 N–H and O–H groups in total. The average Bonchev–Trinajstić information content (AvgIpc) is 3.24. The monoisotopic (exact) mass is 425 g/mol. The highest BCUT2D eigenvalue weighted by atomic mass is 35.5. The van der Waals surface area contributed by atoms with Crippen LogP contribution in [0.25, 0.3) is 10.9 Å². The van der Waals surface area contributed by atoms with Crippen LogP contribution in [0.2, 0.25) is 5.02 Å². The number of morpholine rings is 1. The molecule has 0 spiro atoms. The Kier molecular flexibility index (Phi) is 4.30. The van der Waals surface area contributed by atoms with Crippen molar-refractivity contribution in [2.24, 2.45) is 0 Å². The number of nitrogens with zero attached hydrogens (tertiary/aromatic N) is 2. The van der Waals surface area contributed by atoms with Crippen molar-refractivity contribution >= 4 is 34.2 Å². The number of benzene rings is 1. The molecule has 1 aromatic carbocycles. The van der Waals surface area contributed by atoms with Crippen molar-refractivity contribution in [2.45, 2.75) is 30.8 Å². The van der Waals surface area contributed by atoms with Gasteiger partial charge in [0, 0.05) is 32.3 Å². The van der Waals surface area contributed by atoms with Crippen LogP contribution in [0.5, 0.6) is 0 Å². The summed E-state index contributed by atoms with van der Waals surface area (Å²) in [5, 5.41) is 12.5. The van der Waals surface area contributed by atoms with Gasteiger partial charge in [0.1, 0.15) is 17.6 Å². The Hall–Kier alpha value is -2.23. The van der Waals surface area contributed by atoms with E-state index in [0.717, 1.165) is 12.3 Å². The van der Waals surface area contributed by atoms with Crippen LogP contribution >= 0.6 is 11.6 Å². The number of carboxylic acid groups (broad SMARTS) is 1. The minimum absolute atomic E-state index is 0.0215. The summed E-state index contributed by atoms with van der Waals surface area (Å²) < 4.78 is 36.0. The molecule has 0 bridgehead atoms. The Labute approximate surface area is 168 Å². The number of hydrogen-bond acceptors (Lipinski definition) is 5. The second-order valence-corrected chi connectivity index (χ2v) is 8.07. The van der Waals surface area contributed by atoms with Crippen LogP contribution in [0.3, 0.4) is 0 Å². The minimum atomic E-state index is -1.45. The third-order valence-electron chi connectivity index (χ3n) is 5.88. The number of rotatable bonds is 3. The van der Waals surface area contributed by atoms with E-state index in [2.05, 4.69) is 5.32 Å². The molecule has 1 aliphatic carbocycles. The maximum Gasteiger partial charge on any atom is 0.341 e. The van der Waals surface area contributed by atoms with Crippen LogP contribution in [0.4, 0.5) is 14.5 Å². The van der Waals surface area contributed by atoms with Crippen LogP contribution < -0.4 is 15.6 Å². The van der Waals surface area contributed by atoms with Gasteiger partial charge in [-0.3, -0.25) is 4.79 Å². The number of alkyl halides is 1. The molecule has 29 heavy (non-hydrogen) atoms. The lowest BCUT2D eigenvalue weighted by Gasteiger charge is -2.25. The van der Waals surface area contributed by atoms with E-state index >= 15 is 4.39 Å². The number of fused-ring (bicyclic) bond motifs is 2. The topological polar surface area (TPSA) is 83.8 Å². The smallest absolute Gasteiger partial charge is 0.341 e. The minimum Gasteiger partial charge on any atom is -0.477 e. The molecule has 4 atom stereocenters. The van der Waals surface area contributed by atoms with Gasteiger partial charge in [0.2, 0.25) is 5.43 Å². The second kappa shape index (κ2) is 6.65. The molecule has 2 saturated heterocycles. The molecule has 3 heterocycles. The summed E-state index contributed by atoms with van der Waals surface area (Å²) in [6.07, 6.45) is 0.0228. The zero-order valence-corrected chi connectivity index (χ0v) is 16.0. The van der Waals surface area contributed by atoms with Crippen molar-refractivity contribution in [2.75, 3.05) is 31.1 Å². The van der Waals surface area contributed by atoms with Crippen molar-refractivity contribution in [1.82, 2.24) is 9.88 Å². The second-order valence-electron chi connectivity index (χ2n) is 7.70. The predicted octanol–water partition coefficient (Wildman–Crippen LogP) is 1.95. The summed E-state index contributed by atoms with van der Waals surface area (Å²) >= 11 is 6.58. The largest absolute Gasteiger partial charge is 0.477 e. The number of aromatic carboxylic acids is 1. The Morgan fingerprint density at radius 3 is 2.79 bits per heavy atom. The van der Waals surface area contributed by atoms with Gasteiger partial charge in [-0.25, -0.2) is 13.6 Å². The predicted molar refractivity (Wildman–Crippen MR) is 102 cm³/mol. The van der Waals surface area contributed by atoms with E-state index in [1.807, 2.05) is 0 Å². The molecule has 1 unspecified atom stereocenters. The van der Waals surface area contributed by atoms with Gasteiger partial charge in [-0.15, -0.1) is 0 Å². The van der Waals surface area contributed by atoms with E-state index in [1.54, 1.807) is 4.90 Å². The number of aromatic nitrogens is 1. The number of nitrogens with one attached hydrogen (secondary N) is 1. The molecule has 154 valence electrons. The fraction of sp³-hybridized carbons (Fsp3) is 0.474. The van der Waals surface area contributed by atoms with Crippen LogP contribution in [-0.4, -0.2) is 60.2 Å². The third-order valence-corrected chi connectivity index (χ3v) is 6.23. The summed E-state index contributed by atoms with van der Waals surface area (Å²) in [5.41, 5.74) is -1.10. The highest BCUT2D eigenvalue weighted by molar-refractivity contribution is 6.38. The van der Waals surface area contributed by atoms with E-state index in [0.29, 0.717) is 26.2 Å². The van der Waals surface area contributed by atoms with Crippen LogP contribution in [0.1, 0.15) is 22.8 Å². The van der Waals surface area contributed by atoms with Crippen molar-refractivity contribution in [3.05, 3.63) is 38.9 Å². The standard InChI is InChI=1S/C19H18ClF2N3O4/c20-15-16-8(18(26)9(19(27)28)5-25(16)13-4-10(13)21)3-11(22)17(15)24-6-12-14(7-24)29-2-1-23-12/h3,5,10,12-14,23H,1-2,4,6-7H2,(H,27,28)/t10?,12-,13+,14+/m0/s1. The first-order chi connectivity index (χ1) is 13.9. The number of carboxylic acids is 1. The molecule has 0 radical (unpaired) electrons. The van der Waals surface area contributed by atoms with Gasteiger partial charge in [0.05, 0.1) is 46.4 Å². The Morgan fingerprint density at radius 1 is 1.38 bits per heavy atom. The molecule has 3 aliphatic rings. The molecule has 2 aromatic rings. The molecule has 5 rings (SSSR count). The highest BCUT2D eigenvalue weighted by Crippen LogP contribution is 2.44. The number of hydrogen-bond donors (Lipinski definition) is 2. The zero-order chi connectivity index (χ0) is 20.4. The SMILES string of the molecule is O=C(O)c1cn([C@@H]2CC2F)c2c(Cl)c(N3C[C@@H]4NCCO[C@@H]4C3)c(F)cc2c1=O. The molecule has 1 saturated carbocycles. The fourth-order valence-electron chi connectivity index (χ4n) is 4.35. The molecule has 0 amide bonds. The molecule has 2 aliphatic heterocycles. The quantitative estimate of drug-likeness (QED) is 0.782. The van der Waals surface area contributed by atoms with Gasteiger partial charge in [0.25, 0.3) is 0 Å². The van der Waals surface area contributed by atoms with Gasteiger partial charge in [0.15, 0.2) is 0 Å². The van der Waals surface area contributed by atoms with Crippen molar-refractivity contribution in [1.29, 1.82) is 0 Å². The maximum absolute atomic E-state index is 15.1. The van der Waals surface area contributed by atoms with Crippen LogP contribution in [0.15, 0.2) is 17.1 Å². The number of ether oxygens (including phenoxy) is 1. The zero-order valence-electron chi connectivity index (χ0n) is 15.2. The van der Waals surface area contributed by atoms with Crippen LogP contribution in [-0.2, 0) is 4.74 Å².